The van der Waals surface area contributed by atoms with Gasteiger partial charge in [0.1, 0.15) is 11.8 Å². The third-order valence-corrected chi connectivity index (χ3v) is 3.27. The molecule has 1 saturated heterocycles. The van der Waals surface area contributed by atoms with Crippen molar-refractivity contribution in [2.75, 3.05) is 20.2 Å². The Bertz CT molecular complexity index is 454. The first-order chi connectivity index (χ1) is 8.72. The van der Waals surface area contributed by atoms with E-state index in [-0.39, 0.29) is 6.10 Å². The molecule has 4 heteroatoms. The highest BCUT2D eigenvalue weighted by Crippen LogP contribution is 2.21. The quantitative estimate of drug-likeness (QED) is 0.878. The highest BCUT2D eigenvalue weighted by atomic mass is 16.5. The van der Waals surface area contributed by atoms with E-state index in [4.69, 9.17) is 10.00 Å². The van der Waals surface area contributed by atoms with Crippen LogP contribution in [0.15, 0.2) is 18.2 Å². The smallest absolute Gasteiger partial charge is 0.136 e. The van der Waals surface area contributed by atoms with E-state index in [0.29, 0.717) is 17.9 Å². The normalized spacial score (nSPS) is 20.4. The largest absolute Gasteiger partial charge is 0.495 e. The number of aliphatic hydroxyl groups excluding tert-OH is 1. The zero-order chi connectivity index (χ0) is 13.0. The fourth-order valence-corrected chi connectivity index (χ4v) is 2.37. The van der Waals surface area contributed by atoms with Gasteiger partial charge in [-0.1, -0.05) is 6.07 Å². The lowest BCUT2D eigenvalue weighted by Crippen LogP contribution is -2.37. The molecule has 0 amide bonds. The Balaban J connectivity index is 2.07. The Morgan fingerprint density at radius 1 is 1.56 bits per heavy atom. The summed E-state index contributed by atoms with van der Waals surface area (Å²) in [6.45, 7) is 2.49. The van der Waals surface area contributed by atoms with Gasteiger partial charge >= 0.3 is 0 Å². The molecule has 1 aliphatic heterocycles. The number of benzene rings is 1. The first-order valence-electron chi connectivity index (χ1n) is 6.20. The summed E-state index contributed by atoms with van der Waals surface area (Å²) < 4.78 is 5.12. The number of nitrogens with zero attached hydrogens (tertiary/aromatic N) is 2. The number of hydrogen-bond acceptors (Lipinski definition) is 4. The molecule has 0 aliphatic carbocycles. The molecule has 96 valence electrons. The molecule has 1 aliphatic rings. The molecule has 0 bridgehead atoms. The van der Waals surface area contributed by atoms with Crippen LogP contribution in [0.3, 0.4) is 0 Å². The van der Waals surface area contributed by atoms with E-state index in [1.165, 1.54) is 0 Å². The highest BCUT2D eigenvalue weighted by Gasteiger charge is 2.17. The molecule has 1 fully saturated rings. The molecule has 18 heavy (non-hydrogen) atoms. The summed E-state index contributed by atoms with van der Waals surface area (Å²) in [4.78, 5) is 2.22. The van der Waals surface area contributed by atoms with Gasteiger partial charge in [-0.25, -0.2) is 0 Å². The third-order valence-electron chi connectivity index (χ3n) is 3.27. The van der Waals surface area contributed by atoms with Gasteiger partial charge in [0.05, 0.1) is 18.8 Å². The molecule has 1 aromatic carbocycles. The van der Waals surface area contributed by atoms with Crippen LogP contribution in [0, 0.1) is 11.3 Å². The lowest BCUT2D eigenvalue weighted by molar-refractivity contribution is 0.0668. The number of β-amino-alcohol motifs (C(OH)–C–C–N with tert-alkyl or cyclic N) is 1. The summed E-state index contributed by atoms with van der Waals surface area (Å²) in [5, 5.41) is 18.7. The van der Waals surface area contributed by atoms with Gasteiger partial charge in [-0.2, -0.15) is 5.26 Å². The SMILES string of the molecule is COc1ccc(CN2CCC[C@H](O)C2)cc1C#N. The number of likely N-dealkylation sites (tertiary alicyclic amines) is 1. The van der Waals surface area contributed by atoms with Crippen molar-refractivity contribution in [3.05, 3.63) is 29.3 Å². The van der Waals surface area contributed by atoms with Crippen molar-refractivity contribution in [2.45, 2.75) is 25.5 Å². The Labute approximate surface area is 107 Å². The fourth-order valence-electron chi connectivity index (χ4n) is 2.37. The van der Waals surface area contributed by atoms with Crippen LogP contribution in [0.2, 0.25) is 0 Å². The van der Waals surface area contributed by atoms with Gasteiger partial charge in [0.2, 0.25) is 0 Å². The molecule has 1 aromatic rings. The molecule has 0 radical (unpaired) electrons. The van der Waals surface area contributed by atoms with Crippen LogP contribution in [0.25, 0.3) is 0 Å². The van der Waals surface area contributed by atoms with Gasteiger partial charge in [0.15, 0.2) is 0 Å². The number of hydrogen-bond donors (Lipinski definition) is 1. The minimum Gasteiger partial charge on any atom is -0.495 e. The van der Waals surface area contributed by atoms with Crippen LogP contribution < -0.4 is 4.74 Å². The first kappa shape index (κ1) is 12.9. The molecule has 1 heterocycles. The van der Waals surface area contributed by atoms with Crippen molar-refractivity contribution >= 4 is 0 Å². The Morgan fingerprint density at radius 2 is 2.39 bits per heavy atom. The summed E-state index contributed by atoms with van der Waals surface area (Å²) in [5.41, 5.74) is 1.65. The van der Waals surface area contributed by atoms with E-state index < -0.39 is 0 Å². The Kier molecular flexibility index (Phi) is 4.19. The summed E-state index contributed by atoms with van der Waals surface area (Å²) in [7, 11) is 1.57. The van der Waals surface area contributed by atoms with Crippen LogP contribution in [0.5, 0.6) is 5.75 Å². The minimum atomic E-state index is -0.215. The highest BCUT2D eigenvalue weighted by molar-refractivity contribution is 5.45. The molecule has 2 rings (SSSR count). The fraction of sp³-hybridized carbons (Fsp3) is 0.500. The number of piperidine rings is 1. The predicted molar refractivity (Wildman–Crippen MR) is 68.2 cm³/mol. The molecular formula is C14H18N2O2. The van der Waals surface area contributed by atoms with Crippen LogP contribution in [0.4, 0.5) is 0 Å². The molecule has 0 spiro atoms. The van der Waals surface area contributed by atoms with Crippen LogP contribution >= 0.6 is 0 Å². The number of aliphatic hydroxyl groups is 1. The Morgan fingerprint density at radius 3 is 3.06 bits per heavy atom. The standard InChI is InChI=1S/C14H18N2O2/c1-18-14-5-4-11(7-12(14)8-15)9-16-6-2-3-13(17)10-16/h4-5,7,13,17H,2-3,6,9-10H2,1H3/t13-/m0/s1. The van der Waals surface area contributed by atoms with E-state index in [0.717, 1.165) is 31.5 Å². The van der Waals surface area contributed by atoms with E-state index >= 15 is 0 Å². The summed E-state index contributed by atoms with van der Waals surface area (Å²) in [5.74, 6) is 0.611. The topological polar surface area (TPSA) is 56.5 Å². The maximum Gasteiger partial charge on any atom is 0.136 e. The van der Waals surface area contributed by atoms with Crippen molar-refractivity contribution in [3.8, 4) is 11.8 Å². The molecule has 4 nitrogen and oxygen atoms in total. The zero-order valence-electron chi connectivity index (χ0n) is 10.6. The van der Waals surface area contributed by atoms with Crippen molar-refractivity contribution in [2.24, 2.45) is 0 Å². The van der Waals surface area contributed by atoms with Crippen LogP contribution in [-0.2, 0) is 6.54 Å². The summed E-state index contributed by atoms with van der Waals surface area (Å²) in [6.07, 6.45) is 1.71. The van der Waals surface area contributed by atoms with Crippen LogP contribution in [-0.4, -0.2) is 36.3 Å². The predicted octanol–water partition coefficient (Wildman–Crippen LogP) is 1.52. The molecule has 0 aromatic heterocycles. The third kappa shape index (κ3) is 3.00. The first-order valence-corrected chi connectivity index (χ1v) is 6.20. The second kappa shape index (κ2) is 5.85. The van der Waals surface area contributed by atoms with Gasteiger partial charge in [-0.05, 0) is 37.1 Å². The maximum absolute atomic E-state index is 9.63. The van der Waals surface area contributed by atoms with Crippen molar-refractivity contribution in [1.82, 2.24) is 4.90 Å². The molecular weight excluding hydrogens is 228 g/mol. The molecule has 0 unspecified atom stereocenters. The van der Waals surface area contributed by atoms with Crippen molar-refractivity contribution in [3.63, 3.8) is 0 Å². The number of ether oxygens (including phenoxy) is 1. The van der Waals surface area contributed by atoms with E-state index in [9.17, 15) is 5.11 Å². The van der Waals surface area contributed by atoms with Gasteiger partial charge < -0.3 is 9.84 Å². The number of methoxy groups -OCH3 is 1. The number of nitriles is 1. The lowest BCUT2D eigenvalue weighted by atomic mass is 10.1. The molecule has 1 N–H and O–H groups in total. The van der Waals surface area contributed by atoms with E-state index in [1.807, 2.05) is 18.2 Å². The van der Waals surface area contributed by atoms with Gasteiger partial charge in [-0.15, -0.1) is 0 Å². The van der Waals surface area contributed by atoms with E-state index in [2.05, 4.69) is 11.0 Å². The number of rotatable bonds is 3. The molecule has 0 saturated carbocycles. The molecule has 1 atom stereocenters. The van der Waals surface area contributed by atoms with Gasteiger partial charge in [0, 0.05) is 13.1 Å². The average molecular weight is 246 g/mol. The lowest BCUT2D eigenvalue weighted by Gasteiger charge is -2.30. The second-order valence-corrected chi connectivity index (χ2v) is 4.68. The Hall–Kier alpha value is -1.57. The van der Waals surface area contributed by atoms with Crippen molar-refractivity contribution in [1.29, 1.82) is 5.26 Å². The summed E-state index contributed by atoms with van der Waals surface area (Å²) >= 11 is 0. The van der Waals surface area contributed by atoms with E-state index in [1.54, 1.807) is 7.11 Å². The monoisotopic (exact) mass is 246 g/mol. The average Bonchev–Trinajstić information content (AvgIpc) is 2.38. The van der Waals surface area contributed by atoms with Gasteiger partial charge in [-0.3, -0.25) is 4.90 Å². The van der Waals surface area contributed by atoms with Crippen molar-refractivity contribution < 1.29 is 9.84 Å². The second-order valence-electron chi connectivity index (χ2n) is 4.68. The zero-order valence-corrected chi connectivity index (χ0v) is 10.6. The van der Waals surface area contributed by atoms with Crippen LogP contribution in [0.1, 0.15) is 24.0 Å². The summed E-state index contributed by atoms with van der Waals surface area (Å²) in [6, 6.07) is 7.80. The maximum atomic E-state index is 9.63. The minimum absolute atomic E-state index is 0.215. The van der Waals surface area contributed by atoms with Gasteiger partial charge in [0.25, 0.3) is 0 Å².